The van der Waals surface area contributed by atoms with E-state index in [4.69, 9.17) is 5.73 Å². The fourth-order valence-corrected chi connectivity index (χ4v) is 4.51. The average Bonchev–Trinajstić information content (AvgIpc) is 3.11. The average molecular weight is 484 g/mol. The third-order valence-corrected chi connectivity index (χ3v) is 6.74. The number of carbonyl (C=O) groups is 1. The van der Waals surface area contributed by atoms with Gasteiger partial charge in [-0.05, 0) is 29.8 Å². The predicted molar refractivity (Wildman–Crippen MR) is 116 cm³/mol. The number of aliphatic hydroxyl groups excluding tert-OH is 1. The van der Waals surface area contributed by atoms with Crippen LogP contribution in [0.25, 0.3) is 11.0 Å². The Kier molecular flexibility index (Phi) is 6.33. The minimum absolute atomic E-state index is 0.0330. The van der Waals surface area contributed by atoms with E-state index >= 15 is 0 Å². The summed E-state index contributed by atoms with van der Waals surface area (Å²) >= 11 is 0. The molecule has 3 aromatic rings. The summed E-state index contributed by atoms with van der Waals surface area (Å²) in [5.41, 5.74) is 4.84. The van der Waals surface area contributed by atoms with Crippen molar-refractivity contribution < 1.29 is 31.5 Å². The zero-order chi connectivity index (χ0) is 24.8. The third-order valence-electron chi connectivity index (χ3n) is 5.75. The molecule has 0 aliphatic carbocycles. The molecule has 0 fully saturated rings. The highest BCUT2D eigenvalue weighted by Gasteiger charge is 2.50. The second-order valence-electron chi connectivity index (χ2n) is 8.58. The van der Waals surface area contributed by atoms with Crippen molar-refractivity contribution in [2.24, 2.45) is 11.7 Å². The second-order valence-corrected chi connectivity index (χ2v) is 10.5. The molecule has 4 N–H and O–H groups in total. The molecule has 0 radical (unpaired) electrons. The number of pyridine rings is 1. The zero-order valence-corrected chi connectivity index (χ0v) is 19.0. The zero-order valence-electron chi connectivity index (χ0n) is 18.1. The lowest BCUT2D eigenvalue weighted by molar-refractivity contribution is -0.207. The summed E-state index contributed by atoms with van der Waals surface area (Å²) in [7, 11) is -3.59. The van der Waals surface area contributed by atoms with Gasteiger partial charge in [-0.3, -0.25) is 4.79 Å². The Morgan fingerprint density at radius 2 is 1.82 bits per heavy atom. The molecule has 3 rings (SSSR count). The van der Waals surface area contributed by atoms with Crippen LogP contribution in [0.2, 0.25) is 0 Å². The van der Waals surface area contributed by atoms with Gasteiger partial charge >= 0.3 is 6.18 Å². The van der Waals surface area contributed by atoms with E-state index in [2.05, 4.69) is 9.97 Å². The Hall–Kier alpha value is -2.92. The van der Waals surface area contributed by atoms with Crippen LogP contribution in [0.1, 0.15) is 35.5 Å². The van der Waals surface area contributed by atoms with Gasteiger partial charge in [0.15, 0.2) is 14.9 Å². The van der Waals surface area contributed by atoms with E-state index in [0.29, 0.717) is 5.52 Å². The quantitative estimate of drug-likeness (QED) is 0.476. The molecule has 7 nitrogen and oxygen atoms in total. The Morgan fingerprint density at radius 3 is 2.39 bits per heavy atom. The molecular formula is C22H24F3N3O4S. The number of carbonyl (C=O) groups excluding carboxylic acids is 1. The Balaban J connectivity index is 2.01. The van der Waals surface area contributed by atoms with Gasteiger partial charge in [-0.15, -0.1) is 0 Å². The molecule has 0 saturated heterocycles. The SMILES string of the molecule is CC(C)(c1ccccc1C(N)=O)[C@H](O)C(Cc1cc2nc(S(C)(=O)=O)ccc2[nH]1)C(F)(F)F. The van der Waals surface area contributed by atoms with E-state index in [1.807, 2.05) is 0 Å². The largest absolute Gasteiger partial charge is 0.394 e. The summed E-state index contributed by atoms with van der Waals surface area (Å²) in [5.74, 6) is -3.01. The molecule has 1 amide bonds. The van der Waals surface area contributed by atoms with Gasteiger partial charge in [-0.1, -0.05) is 32.0 Å². The predicted octanol–water partition coefficient (Wildman–Crippen LogP) is 3.13. The van der Waals surface area contributed by atoms with Crippen LogP contribution in [0.4, 0.5) is 13.2 Å². The van der Waals surface area contributed by atoms with Gasteiger partial charge in [0.05, 0.1) is 23.1 Å². The number of aromatic nitrogens is 2. The standard InChI is InChI=1S/C22H24F3N3O4S/c1-21(2,14-7-5-4-6-13(14)20(26)30)19(29)15(22(23,24)25)10-12-11-17-16(27-12)8-9-18(28-17)33(3,31)32/h4-9,11,15,19,27,29H,10H2,1-3H3,(H2,26,30)/t15?,19-/m1/s1. The van der Waals surface area contributed by atoms with Gasteiger partial charge in [-0.2, -0.15) is 13.2 Å². The van der Waals surface area contributed by atoms with E-state index in [-0.39, 0.29) is 27.4 Å². The first-order chi connectivity index (χ1) is 15.1. The summed E-state index contributed by atoms with van der Waals surface area (Å²) in [4.78, 5) is 18.6. The lowest BCUT2D eigenvalue weighted by Gasteiger charge is -2.38. The van der Waals surface area contributed by atoms with Crippen molar-refractivity contribution >= 4 is 26.8 Å². The van der Waals surface area contributed by atoms with Crippen LogP contribution < -0.4 is 5.73 Å². The molecule has 0 saturated carbocycles. The highest BCUT2D eigenvalue weighted by atomic mass is 32.2. The summed E-state index contributed by atoms with van der Waals surface area (Å²) < 4.78 is 65.7. The van der Waals surface area contributed by atoms with Crippen LogP contribution in [0.15, 0.2) is 47.5 Å². The maximum atomic E-state index is 14.1. The van der Waals surface area contributed by atoms with Crippen molar-refractivity contribution in [3.63, 3.8) is 0 Å². The molecular weight excluding hydrogens is 459 g/mol. The number of H-pyrrole nitrogens is 1. The van der Waals surface area contributed by atoms with Crippen molar-refractivity contribution in [1.29, 1.82) is 0 Å². The number of aromatic amines is 1. The monoisotopic (exact) mass is 483 g/mol. The van der Waals surface area contributed by atoms with Crippen LogP contribution in [0.5, 0.6) is 0 Å². The van der Waals surface area contributed by atoms with Gasteiger partial charge in [-0.25, -0.2) is 13.4 Å². The normalized spacial score (nSPS) is 14.9. The molecule has 1 aromatic carbocycles. The van der Waals surface area contributed by atoms with Crippen LogP contribution in [-0.2, 0) is 21.7 Å². The van der Waals surface area contributed by atoms with E-state index in [9.17, 15) is 31.5 Å². The Bertz CT molecular complexity index is 1300. The minimum atomic E-state index is -4.78. The van der Waals surface area contributed by atoms with Gasteiger partial charge in [0.25, 0.3) is 0 Å². The number of primary amides is 1. The first kappa shape index (κ1) is 24.7. The molecule has 0 spiro atoms. The van der Waals surface area contributed by atoms with Gasteiger partial charge in [0, 0.05) is 29.3 Å². The topological polar surface area (TPSA) is 126 Å². The third kappa shape index (κ3) is 5.03. The maximum Gasteiger partial charge on any atom is 0.394 e. The van der Waals surface area contributed by atoms with Crippen molar-refractivity contribution in [1.82, 2.24) is 9.97 Å². The summed E-state index contributed by atoms with van der Waals surface area (Å²) in [6, 6.07) is 9.98. The lowest BCUT2D eigenvalue weighted by Crippen LogP contribution is -2.47. The number of hydrogen-bond acceptors (Lipinski definition) is 5. The number of nitrogens with one attached hydrogen (secondary N) is 1. The fraction of sp³-hybridized carbons (Fsp3) is 0.364. The van der Waals surface area contributed by atoms with Gasteiger partial charge in [0.2, 0.25) is 5.91 Å². The Morgan fingerprint density at radius 1 is 1.18 bits per heavy atom. The van der Waals surface area contributed by atoms with Crippen LogP contribution >= 0.6 is 0 Å². The molecule has 2 aromatic heterocycles. The molecule has 11 heteroatoms. The first-order valence-electron chi connectivity index (χ1n) is 9.95. The smallest absolute Gasteiger partial charge is 0.392 e. The number of rotatable bonds is 7. The maximum absolute atomic E-state index is 14.1. The highest BCUT2D eigenvalue weighted by Crippen LogP contribution is 2.41. The number of halogens is 3. The van der Waals surface area contributed by atoms with Gasteiger partial charge < -0.3 is 15.8 Å². The van der Waals surface area contributed by atoms with Crippen molar-refractivity contribution in [3.05, 3.63) is 59.3 Å². The number of fused-ring (bicyclic) bond motifs is 1. The number of hydrogen-bond donors (Lipinski definition) is 3. The van der Waals surface area contributed by atoms with E-state index in [0.717, 1.165) is 6.26 Å². The molecule has 178 valence electrons. The molecule has 33 heavy (non-hydrogen) atoms. The molecule has 2 atom stereocenters. The molecule has 0 aliphatic rings. The molecule has 1 unspecified atom stereocenters. The van der Waals surface area contributed by atoms with E-state index in [1.165, 1.54) is 50.2 Å². The summed E-state index contributed by atoms with van der Waals surface area (Å²) in [5, 5.41) is 10.7. The molecule has 0 aliphatic heterocycles. The lowest BCUT2D eigenvalue weighted by atomic mass is 9.71. The fourth-order valence-electron chi connectivity index (χ4n) is 3.93. The number of benzene rings is 1. The minimum Gasteiger partial charge on any atom is -0.392 e. The van der Waals surface area contributed by atoms with Gasteiger partial charge in [0.1, 0.15) is 0 Å². The first-order valence-corrected chi connectivity index (χ1v) is 11.8. The number of sulfone groups is 1. The number of nitrogens with zero attached hydrogens (tertiary/aromatic N) is 1. The van der Waals surface area contributed by atoms with E-state index in [1.54, 1.807) is 6.07 Å². The van der Waals surface area contributed by atoms with Crippen LogP contribution in [0, 0.1) is 5.92 Å². The van der Waals surface area contributed by atoms with Crippen LogP contribution in [-0.4, -0.2) is 47.9 Å². The number of aliphatic hydroxyl groups is 1. The summed E-state index contributed by atoms with van der Waals surface area (Å²) in [6.07, 6.45) is -6.33. The van der Waals surface area contributed by atoms with Crippen molar-refractivity contribution in [3.8, 4) is 0 Å². The van der Waals surface area contributed by atoms with Crippen molar-refractivity contribution in [2.75, 3.05) is 6.26 Å². The number of alkyl halides is 3. The van der Waals surface area contributed by atoms with Crippen molar-refractivity contribution in [2.45, 2.75) is 43.0 Å². The molecule has 2 heterocycles. The number of amides is 1. The van der Waals surface area contributed by atoms with Crippen LogP contribution in [0.3, 0.4) is 0 Å². The highest BCUT2D eigenvalue weighted by molar-refractivity contribution is 7.90. The molecule has 0 bridgehead atoms. The summed E-state index contributed by atoms with van der Waals surface area (Å²) in [6.45, 7) is 2.84. The number of nitrogens with two attached hydrogens (primary N) is 1. The van der Waals surface area contributed by atoms with E-state index < -0.39 is 45.8 Å². The second kappa shape index (κ2) is 8.45. The Labute approximate surface area is 188 Å².